The molecule has 31 heavy (non-hydrogen) atoms. The van der Waals surface area contributed by atoms with Gasteiger partial charge in [0.25, 0.3) is 0 Å². The lowest BCUT2D eigenvalue weighted by Crippen LogP contribution is -2.67. The summed E-state index contributed by atoms with van der Waals surface area (Å²) in [6, 6.07) is 9.66. The van der Waals surface area contributed by atoms with Gasteiger partial charge in [-0.2, -0.15) is 4.57 Å². The highest BCUT2D eigenvalue weighted by Gasteiger charge is 2.58. The fourth-order valence-electron chi connectivity index (χ4n) is 7.99. The predicted octanol–water partition coefficient (Wildman–Crippen LogP) is 7.50. The van der Waals surface area contributed by atoms with E-state index in [2.05, 4.69) is 83.5 Å². The van der Waals surface area contributed by atoms with E-state index >= 15 is 0 Å². The van der Waals surface area contributed by atoms with Gasteiger partial charge in [0, 0.05) is 18.9 Å². The van der Waals surface area contributed by atoms with Gasteiger partial charge in [0.1, 0.15) is 0 Å². The van der Waals surface area contributed by atoms with Gasteiger partial charge in [-0.25, -0.2) is 0 Å². The van der Waals surface area contributed by atoms with Crippen molar-refractivity contribution in [1.82, 2.24) is 0 Å². The third-order valence-corrected chi connectivity index (χ3v) is 10.8. The van der Waals surface area contributed by atoms with Crippen molar-refractivity contribution < 1.29 is 4.57 Å². The molecule has 4 aliphatic rings. The summed E-state index contributed by atoms with van der Waals surface area (Å²) in [5.74, 6) is 0. The van der Waals surface area contributed by atoms with Crippen LogP contribution in [0.3, 0.4) is 0 Å². The van der Waals surface area contributed by atoms with Gasteiger partial charge in [0.05, 0.1) is 16.2 Å². The highest BCUT2D eigenvalue weighted by Crippen LogP contribution is 2.59. The molecule has 1 nitrogen and oxygen atoms in total. The second-order valence-corrected chi connectivity index (χ2v) is 12.0. The van der Waals surface area contributed by atoms with Crippen molar-refractivity contribution in [2.24, 2.45) is 0 Å². The molecule has 0 saturated heterocycles. The molecule has 1 heteroatoms. The Morgan fingerprint density at radius 2 is 1.52 bits per heavy atom. The first-order chi connectivity index (χ1) is 14.6. The summed E-state index contributed by atoms with van der Waals surface area (Å²) in [4.78, 5) is 0. The SMILES string of the molecule is CCC1(C)c2cccc3c(C)cc4c5c(c[n+](c4c23)C1(C)CC)C1(C)CCC5(C)CC1. The Balaban J connectivity index is 1.93. The van der Waals surface area contributed by atoms with Gasteiger partial charge in [-0.3, -0.25) is 0 Å². The Morgan fingerprint density at radius 3 is 2.16 bits per heavy atom. The molecule has 1 fully saturated rings. The molecule has 3 aliphatic carbocycles. The number of aryl methyl sites for hydroxylation is 1. The van der Waals surface area contributed by atoms with Crippen LogP contribution in [0.1, 0.15) is 102 Å². The van der Waals surface area contributed by atoms with Gasteiger partial charge in [-0.15, -0.1) is 0 Å². The van der Waals surface area contributed by atoms with Crippen molar-refractivity contribution in [1.29, 1.82) is 0 Å². The first-order valence-electron chi connectivity index (χ1n) is 12.6. The third kappa shape index (κ3) is 2.03. The monoisotopic (exact) mass is 412 g/mol. The second-order valence-electron chi connectivity index (χ2n) is 12.0. The minimum Gasteiger partial charge on any atom is -0.191 e. The zero-order valence-electron chi connectivity index (χ0n) is 20.6. The van der Waals surface area contributed by atoms with Crippen molar-refractivity contribution >= 4 is 21.7 Å². The molecule has 0 spiro atoms. The van der Waals surface area contributed by atoms with Crippen molar-refractivity contribution in [3.8, 4) is 0 Å². The molecule has 0 radical (unpaired) electrons. The first kappa shape index (κ1) is 19.8. The molecule has 0 amide bonds. The number of benzene rings is 2. The van der Waals surface area contributed by atoms with E-state index in [1.165, 1.54) is 47.5 Å². The second kappa shape index (κ2) is 5.72. The smallest absolute Gasteiger partial charge is 0.191 e. The number of rotatable bonds is 2. The molecule has 2 bridgehead atoms. The lowest BCUT2D eigenvalue weighted by molar-refractivity contribution is -0.751. The van der Waals surface area contributed by atoms with Crippen LogP contribution in [0.25, 0.3) is 21.7 Å². The first-order valence-corrected chi connectivity index (χ1v) is 12.6. The predicted molar refractivity (Wildman–Crippen MR) is 131 cm³/mol. The number of hydrogen-bond acceptors (Lipinski definition) is 0. The van der Waals surface area contributed by atoms with E-state index in [9.17, 15) is 0 Å². The molecule has 162 valence electrons. The number of pyridine rings is 1. The molecular weight excluding hydrogens is 374 g/mol. The highest BCUT2D eigenvalue weighted by atomic mass is 15.1. The van der Waals surface area contributed by atoms with Crippen molar-refractivity contribution in [2.45, 2.75) is 109 Å². The number of aromatic nitrogens is 1. The van der Waals surface area contributed by atoms with Crippen molar-refractivity contribution in [3.05, 3.63) is 52.7 Å². The van der Waals surface area contributed by atoms with E-state index in [1.807, 2.05) is 0 Å². The number of hydrogen-bond donors (Lipinski definition) is 0. The Bertz CT molecular complexity index is 1270. The zero-order chi connectivity index (χ0) is 22.0. The topological polar surface area (TPSA) is 3.88 Å². The average molecular weight is 413 g/mol. The van der Waals surface area contributed by atoms with E-state index in [4.69, 9.17) is 0 Å². The lowest BCUT2D eigenvalue weighted by Gasteiger charge is -2.53. The normalized spacial score (nSPS) is 35.8. The molecule has 7 rings (SSSR count). The Kier molecular flexibility index (Phi) is 3.65. The molecule has 1 aromatic heterocycles. The molecule has 1 aliphatic heterocycles. The third-order valence-electron chi connectivity index (χ3n) is 10.8. The Morgan fingerprint density at radius 1 is 0.839 bits per heavy atom. The van der Waals surface area contributed by atoms with Gasteiger partial charge < -0.3 is 0 Å². The molecule has 3 aromatic rings. The summed E-state index contributed by atoms with van der Waals surface area (Å²) >= 11 is 0. The maximum atomic E-state index is 2.77. The van der Waals surface area contributed by atoms with E-state index in [0.717, 1.165) is 12.8 Å². The van der Waals surface area contributed by atoms with E-state index in [0.29, 0.717) is 10.8 Å². The standard InChI is InChI=1S/C30H38N/c1-8-29(6)22-12-10-11-20-19(3)17-21-25-23(27(4)13-15-28(25,5)16-14-27)18-31(26(21)24(20)22)30(29,7)9-2/h10-12,17-18H,8-9,13-16H2,1-7H3/q+1. The van der Waals surface area contributed by atoms with E-state index < -0.39 is 0 Å². The highest BCUT2D eigenvalue weighted by molar-refractivity contribution is 6.09. The minimum atomic E-state index is 0.0690. The van der Waals surface area contributed by atoms with Crippen LogP contribution in [0.4, 0.5) is 0 Å². The summed E-state index contributed by atoms with van der Waals surface area (Å²) in [5.41, 5.74) is 8.74. The minimum absolute atomic E-state index is 0.0690. The van der Waals surface area contributed by atoms with Crippen molar-refractivity contribution in [2.75, 3.05) is 0 Å². The number of fused-ring (bicyclic) bond motifs is 2. The molecule has 2 unspecified atom stereocenters. The Hall–Kier alpha value is -1.89. The maximum Gasteiger partial charge on any atom is 0.221 e. The van der Waals surface area contributed by atoms with E-state index in [-0.39, 0.29) is 11.0 Å². The lowest BCUT2D eigenvalue weighted by atomic mass is 9.52. The fourth-order valence-corrected chi connectivity index (χ4v) is 7.99. The summed E-state index contributed by atoms with van der Waals surface area (Å²) in [7, 11) is 0. The van der Waals surface area contributed by atoms with Crippen LogP contribution < -0.4 is 4.57 Å². The maximum absolute atomic E-state index is 2.77. The van der Waals surface area contributed by atoms with Crippen LogP contribution in [0.2, 0.25) is 0 Å². The molecule has 2 aromatic carbocycles. The fraction of sp³-hybridized carbons (Fsp3) is 0.567. The summed E-state index contributed by atoms with van der Waals surface area (Å²) < 4.78 is 2.77. The largest absolute Gasteiger partial charge is 0.221 e. The van der Waals surface area contributed by atoms with Gasteiger partial charge in [-0.05, 0) is 84.9 Å². The molecule has 2 atom stereocenters. The quantitative estimate of drug-likeness (QED) is 0.303. The van der Waals surface area contributed by atoms with Crippen LogP contribution in [0.5, 0.6) is 0 Å². The molecule has 2 heterocycles. The van der Waals surface area contributed by atoms with Gasteiger partial charge >= 0.3 is 0 Å². The number of nitrogens with zero attached hydrogens (tertiary/aromatic N) is 1. The van der Waals surface area contributed by atoms with Crippen molar-refractivity contribution in [3.63, 3.8) is 0 Å². The van der Waals surface area contributed by atoms with Crippen LogP contribution in [0, 0.1) is 6.92 Å². The average Bonchev–Trinajstić information content (AvgIpc) is 2.77. The summed E-state index contributed by atoms with van der Waals surface area (Å²) in [6.45, 7) is 17.3. The summed E-state index contributed by atoms with van der Waals surface area (Å²) in [5, 5.41) is 4.54. The van der Waals surface area contributed by atoms with Gasteiger partial charge in [-0.1, -0.05) is 45.9 Å². The van der Waals surface area contributed by atoms with Crippen LogP contribution >= 0.6 is 0 Å². The van der Waals surface area contributed by atoms with Gasteiger partial charge in [0.15, 0.2) is 11.7 Å². The summed E-state index contributed by atoms with van der Waals surface area (Å²) in [6.07, 6.45) is 10.3. The van der Waals surface area contributed by atoms with Crippen LogP contribution in [0.15, 0.2) is 30.5 Å². The zero-order valence-corrected chi connectivity index (χ0v) is 20.6. The van der Waals surface area contributed by atoms with Gasteiger partial charge in [0.2, 0.25) is 5.52 Å². The molecular formula is C30H38N+. The van der Waals surface area contributed by atoms with Crippen LogP contribution in [-0.4, -0.2) is 0 Å². The van der Waals surface area contributed by atoms with E-state index in [1.54, 1.807) is 22.1 Å². The van der Waals surface area contributed by atoms with Crippen LogP contribution in [-0.2, 0) is 21.8 Å². The molecule has 1 saturated carbocycles. The molecule has 0 N–H and O–H groups in total. The Labute approximate surface area is 187 Å².